The van der Waals surface area contributed by atoms with Gasteiger partial charge in [0.05, 0.1) is 10.7 Å². The van der Waals surface area contributed by atoms with Gasteiger partial charge in [0.25, 0.3) is 0 Å². The van der Waals surface area contributed by atoms with Crippen LogP contribution in [0.25, 0.3) is 5.69 Å². The Bertz CT molecular complexity index is 641. The van der Waals surface area contributed by atoms with Gasteiger partial charge in [0, 0.05) is 30.0 Å². The number of anilines is 1. The Labute approximate surface area is 128 Å². The third kappa shape index (κ3) is 3.09. The fraction of sp³-hybridized carbons (Fsp3) is 0.333. The van der Waals surface area contributed by atoms with Crippen molar-refractivity contribution in [2.75, 3.05) is 5.32 Å². The molecular formula is C15H17ClN4O. The number of carbonyl (C=O) groups is 1. The third-order valence-corrected chi connectivity index (χ3v) is 4.11. The molecule has 1 aromatic heterocycles. The minimum atomic E-state index is 0.00423. The molecule has 1 heterocycles. The molecule has 0 spiro atoms. The maximum atomic E-state index is 12.2. The highest BCUT2D eigenvalue weighted by Crippen LogP contribution is 2.27. The molecule has 1 amide bonds. The van der Waals surface area contributed by atoms with Crippen LogP contribution in [0.5, 0.6) is 0 Å². The van der Waals surface area contributed by atoms with E-state index in [1.807, 2.05) is 24.4 Å². The van der Waals surface area contributed by atoms with Crippen molar-refractivity contribution in [1.82, 2.24) is 9.78 Å². The molecule has 1 aromatic carbocycles. The van der Waals surface area contributed by atoms with Gasteiger partial charge in [-0.25, -0.2) is 4.68 Å². The van der Waals surface area contributed by atoms with Gasteiger partial charge >= 0.3 is 0 Å². The lowest BCUT2D eigenvalue weighted by Gasteiger charge is -2.12. The summed E-state index contributed by atoms with van der Waals surface area (Å²) >= 11 is 6.25. The van der Waals surface area contributed by atoms with E-state index >= 15 is 0 Å². The maximum Gasteiger partial charge on any atom is 0.227 e. The van der Waals surface area contributed by atoms with Gasteiger partial charge in [-0.1, -0.05) is 11.6 Å². The Morgan fingerprint density at radius 1 is 1.43 bits per heavy atom. The molecule has 1 aliphatic rings. The van der Waals surface area contributed by atoms with Gasteiger partial charge in [0.15, 0.2) is 0 Å². The highest BCUT2D eigenvalue weighted by Gasteiger charge is 2.27. The van der Waals surface area contributed by atoms with E-state index in [9.17, 15) is 4.79 Å². The molecule has 0 aliphatic heterocycles. The van der Waals surface area contributed by atoms with Gasteiger partial charge in [0.2, 0.25) is 5.91 Å². The van der Waals surface area contributed by atoms with Crippen LogP contribution in [0.3, 0.4) is 0 Å². The standard InChI is InChI=1S/C15H17ClN4O/c16-13-9-12(4-5-14(13)20-7-1-6-18-20)19-15(21)10-2-3-11(17)8-10/h1,4-7,9-11H,2-3,8,17H2,(H,19,21). The SMILES string of the molecule is NC1CCC(C(=O)Nc2ccc(-n3cccn3)c(Cl)c2)C1. The van der Waals surface area contributed by atoms with Gasteiger partial charge in [0.1, 0.15) is 0 Å². The smallest absolute Gasteiger partial charge is 0.227 e. The second-order valence-electron chi connectivity index (χ2n) is 5.38. The van der Waals surface area contributed by atoms with Crippen molar-refractivity contribution in [3.8, 4) is 5.69 Å². The van der Waals surface area contributed by atoms with Gasteiger partial charge in [-0.05, 0) is 43.5 Å². The molecule has 1 aliphatic carbocycles. The van der Waals surface area contributed by atoms with Crippen LogP contribution in [0, 0.1) is 5.92 Å². The molecule has 0 radical (unpaired) electrons. The fourth-order valence-electron chi connectivity index (χ4n) is 2.68. The minimum absolute atomic E-state index is 0.00423. The van der Waals surface area contributed by atoms with Crippen molar-refractivity contribution in [2.24, 2.45) is 11.7 Å². The number of carbonyl (C=O) groups excluding carboxylic acids is 1. The van der Waals surface area contributed by atoms with Gasteiger partial charge in [-0.15, -0.1) is 0 Å². The number of amides is 1. The summed E-state index contributed by atoms with van der Waals surface area (Å²) in [4.78, 5) is 12.2. The molecule has 110 valence electrons. The summed E-state index contributed by atoms with van der Waals surface area (Å²) in [5, 5.41) is 7.59. The predicted molar refractivity (Wildman–Crippen MR) is 82.5 cm³/mol. The highest BCUT2D eigenvalue weighted by atomic mass is 35.5. The number of halogens is 1. The lowest BCUT2D eigenvalue weighted by molar-refractivity contribution is -0.119. The van der Waals surface area contributed by atoms with Crippen molar-refractivity contribution >= 4 is 23.2 Å². The average molecular weight is 305 g/mol. The Morgan fingerprint density at radius 2 is 2.29 bits per heavy atom. The second kappa shape index (κ2) is 5.87. The van der Waals surface area contributed by atoms with E-state index in [1.54, 1.807) is 16.9 Å². The first-order valence-corrected chi connectivity index (χ1v) is 7.37. The molecule has 3 rings (SSSR count). The van der Waals surface area contributed by atoms with Crippen LogP contribution >= 0.6 is 11.6 Å². The first-order valence-electron chi connectivity index (χ1n) is 6.99. The minimum Gasteiger partial charge on any atom is -0.328 e. The van der Waals surface area contributed by atoms with Crippen LogP contribution in [-0.2, 0) is 4.79 Å². The normalized spacial score (nSPS) is 21.4. The molecule has 5 nitrogen and oxygen atoms in total. The molecule has 0 saturated heterocycles. The largest absolute Gasteiger partial charge is 0.328 e. The molecule has 0 bridgehead atoms. The molecule has 1 saturated carbocycles. The van der Waals surface area contributed by atoms with Crippen molar-refractivity contribution in [3.05, 3.63) is 41.7 Å². The first-order chi connectivity index (χ1) is 10.1. The zero-order valence-electron chi connectivity index (χ0n) is 11.5. The van der Waals surface area contributed by atoms with Crippen molar-refractivity contribution in [1.29, 1.82) is 0 Å². The molecule has 6 heteroatoms. The van der Waals surface area contributed by atoms with E-state index in [1.165, 1.54) is 0 Å². The summed E-state index contributed by atoms with van der Waals surface area (Å²) < 4.78 is 1.68. The predicted octanol–water partition coefficient (Wildman–Crippen LogP) is 2.59. The summed E-state index contributed by atoms with van der Waals surface area (Å²) in [6.45, 7) is 0. The van der Waals surface area contributed by atoms with E-state index in [2.05, 4.69) is 10.4 Å². The van der Waals surface area contributed by atoms with E-state index in [4.69, 9.17) is 17.3 Å². The summed E-state index contributed by atoms with van der Waals surface area (Å²) in [6, 6.07) is 7.38. The molecule has 1 fully saturated rings. The Balaban J connectivity index is 1.72. The molecule has 3 N–H and O–H groups in total. The van der Waals surface area contributed by atoms with Crippen LogP contribution in [0.2, 0.25) is 5.02 Å². The van der Waals surface area contributed by atoms with Gasteiger partial charge in [-0.2, -0.15) is 5.10 Å². The number of benzene rings is 1. The zero-order valence-corrected chi connectivity index (χ0v) is 12.3. The summed E-state index contributed by atoms with van der Waals surface area (Å²) in [5.41, 5.74) is 7.32. The second-order valence-corrected chi connectivity index (χ2v) is 5.78. The van der Waals surface area contributed by atoms with E-state index in [-0.39, 0.29) is 17.9 Å². The number of hydrogen-bond donors (Lipinski definition) is 2. The van der Waals surface area contributed by atoms with Crippen LogP contribution in [-0.4, -0.2) is 21.7 Å². The zero-order chi connectivity index (χ0) is 14.8. The van der Waals surface area contributed by atoms with Crippen LogP contribution in [0.15, 0.2) is 36.7 Å². The number of aromatic nitrogens is 2. The Kier molecular flexibility index (Phi) is 3.94. The maximum absolute atomic E-state index is 12.2. The van der Waals surface area contributed by atoms with Crippen molar-refractivity contribution < 1.29 is 4.79 Å². The first kappa shape index (κ1) is 14.1. The van der Waals surface area contributed by atoms with Crippen LogP contribution in [0.4, 0.5) is 5.69 Å². The third-order valence-electron chi connectivity index (χ3n) is 3.81. The van der Waals surface area contributed by atoms with Crippen molar-refractivity contribution in [3.63, 3.8) is 0 Å². The average Bonchev–Trinajstić information content (AvgIpc) is 3.10. The summed E-state index contributed by atoms with van der Waals surface area (Å²) in [5.74, 6) is 0.0235. The highest BCUT2D eigenvalue weighted by molar-refractivity contribution is 6.32. The van der Waals surface area contributed by atoms with Crippen LogP contribution in [0.1, 0.15) is 19.3 Å². The van der Waals surface area contributed by atoms with E-state index in [0.717, 1.165) is 24.9 Å². The Morgan fingerprint density at radius 3 is 2.90 bits per heavy atom. The van der Waals surface area contributed by atoms with Crippen LogP contribution < -0.4 is 11.1 Å². The number of nitrogens with two attached hydrogens (primary N) is 1. The number of hydrogen-bond acceptors (Lipinski definition) is 3. The lowest BCUT2D eigenvalue weighted by Crippen LogP contribution is -2.23. The topological polar surface area (TPSA) is 72.9 Å². The van der Waals surface area contributed by atoms with Crippen molar-refractivity contribution in [2.45, 2.75) is 25.3 Å². The lowest BCUT2D eigenvalue weighted by atomic mass is 10.1. The molecule has 2 unspecified atom stereocenters. The monoisotopic (exact) mass is 304 g/mol. The van der Waals surface area contributed by atoms with Gasteiger partial charge < -0.3 is 11.1 Å². The van der Waals surface area contributed by atoms with E-state index in [0.29, 0.717) is 10.7 Å². The van der Waals surface area contributed by atoms with Gasteiger partial charge in [-0.3, -0.25) is 4.79 Å². The molecule has 21 heavy (non-hydrogen) atoms. The number of nitrogens with zero attached hydrogens (tertiary/aromatic N) is 2. The summed E-state index contributed by atoms with van der Waals surface area (Å²) in [7, 11) is 0. The molecular weight excluding hydrogens is 288 g/mol. The Hall–Kier alpha value is -1.85. The summed E-state index contributed by atoms with van der Waals surface area (Å²) in [6.07, 6.45) is 6.03. The number of rotatable bonds is 3. The van der Waals surface area contributed by atoms with E-state index < -0.39 is 0 Å². The molecule has 2 aromatic rings. The quantitative estimate of drug-likeness (QED) is 0.915. The number of nitrogens with one attached hydrogen (secondary N) is 1. The molecule has 2 atom stereocenters. The fourth-order valence-corrected chi connectivity index (χ4v) is 2.95.